The summed E-state index contributed by atoms with van der Waals surface area (Å²) in [5.41, 5.74) is 0. The number of aliphatic hydroxyl groups is 2. The van der Waals surface area contributed by atoms with E-state index in [-0.39, 0.29) is 18.5 Å². The number of unbranched alkanes of at least 4 members (excludes halogenated alkanes) is 46. The third-order valence-corrected chi connectivity index (χ3v) is 14.7. The Hall–Kier alpha value is -1.66. The molecule has 2 unspecified atom stereocenters. The van der Waals surface area contributed by atoms with E-state index >= 15 is 0 Å². The molecule has 0 heterocycles. The van der Waals surface area contributed by atoms with E-state index in [0.717, 1.165) is 44.9 Å². The molecule has 0 fully saturated rings. The van der Waals surface area contributed by atoms with Gasteiger partial charge in [0.05, 0.1) is 25.4 Å². The molecule has 70 heavy (non-hydrogen) atoms. The van der Waals surface area contributed by atoms with E-state index in [1.807, 2.05) is 6.08 Å². The highest BCUT2D eigenvalue weighted by Crippen LogP contribution is 2.18. The van der Waals surface area contributed by atoms with Crippen LogP contribution < -0.4 is 5.32 Å². The smallest absolute Gasteiger partial charge is 0.305 e. The van der Waals surface area contributed by atoms with Crippen molar-refractivity contribution >= 4 is 11.9 Å². The van der Waals surface area contributed by atoms with Gasteiger partial charge in [-0.25, -0.2) is 0 Å². The van der Waals surface area contributed by atoms with E-state index in [1.54, 1.807) is 6.08 Å². The summed E-state index contributed by atoms with van der Waals surface area (Å²) in [7, 11) is 0. The molecule has 0 aromatic carbocycles. The molecule has 0 saturated carbocycles. The number of hydrogen-bond acceptors (Lipinski definition) is 5. The van der Waals surface area contributed by atoms with Crippen LogP contribution >= 0.6 is 0 Å². The number of allylic oxidation sites excluding steroid dienone is 3. The Balaban J connectivity index is 3.43. The van der Waals surface area contributed by atoms with Crippen molar-refractivity contribution in [2.45, 2.75) is 360 Å². The lowest BCUT2D eigenvalue weighted by Gasteiger charge is -2.20. The fraction of sp³-hybridized carbons (Fsp3) is 0.906. The zero-order chi connectivity index (χ0) is 50.7. The van der Waals surface area contributed by atoms with Crippen molar-refractivity contribution in [3.05, 3.63) is 24.3 Å². The fourth-order valence-electron chi connectivity index (χ4n) is 9.87. The lowest BCUT2D eigenvalue weighted by molar-refractivity contribution is -0.143. The third kappa shape index (κ3) is 55.7. The third-order valence-electron chi connectivity index (χ3n) is 14.7. The normalized spacial score (nSPS) is 12.7. The summed E-state index contributed by atoms with van der Waals surface area (Å²) < 4.78 is 5.48. The average Bonchev–Trinajstić information content (AvgIpc) is 3.36. The predicted molar refractivity (Wildman–Crippen MR) is 306 cm³/mol. The molecule has 0 aliphatic carbocycles. The number of hydrogen-bond donors (Lipinski definition) is 3. The standard InChI is InChI=1S/C64H123NO5/c1-3-5-7-9-11-13-15-17-19-20-22-25-29-32-36-40-44-48-52-56-62(67)61(60-66)65-63(68)57-53-49-45-41-37-33-30-26-23-21-24-27-31-35-39-43-47-51-55-59-70-64(69)58-54-50-46-42-38-34-28-18-16-14-12-10-8-6-4-2/h18,28,52,56,61-62,66-67H,3-17,19-27,29-51,53-55,57-60H2,1-2H3,(H,65,68)/b28-18-,56-52+. The van der Waals surface area contributed by atoms with Crippen LogP contribution in [0, 0.1) is 0 Å². The first-order valence-corrected chi connectivity index (χ1v) is 31.6. The maximum atomic E-state index is 12.5. The number of amides is 1. The summed E-state index contributed by atoms with van der Waals surface area (Å²) in [6.45, 7) is 4.91. The van der Waals surface area contributed by atoms with Crippen LogP contribution in [0.5, 0.6) is 0 Å². The molecule has 6 nitrogen and oxygen atoms in total. The molecule has 1 amide bonds. The molecule has 0 aliphatic heterocycles. The van der Waals surface area contributed by atoms with Gasteiger partial charge in [0.15, 0.2) is 0 Å². The quantitative estimate of drug-likeness (QED) is 0.0321. The molecule has 0 aliphatic rings. The van der Waals surface area contributed by atoms with Crippen LogP contribution in [0.15, 0.2) is 24.3 Å². The van der Waals surface area contributed by atoms with Gasteiger partial charge in [-0.2, -0.15) is 0 Å². The van der Waals surface area contributed by atoms with E-state index in [1.165, 1.54) is 276 Å². The maximum absolute atomic E-state index is 12.5. The molecule has 0 radical (unpaired) electrons. The van der Waals surface area contributed by atoms with Gasteiger partial charge in [-0.15, -0.1) is 0 Å². The van der Waals surface area contributed by atoms with Crippen LogP contribution in [0.3, 0.4) is 0 Å². The second-order valence-electron chi connectivity index (χ2n) is 21.7. The monoisotopic (exact) mass is 986 g/mol. The number of esters is 1. The van der Waals surface area contributed by atoms with Gasteiger partial charge < -0.3 is 20.3 Å². The first-order chi connectivity index (χ1) is 34.5. The molecule has 0 aromatic heterocycles. The second-order valence-corrected chi connectivity index (χ2v) is 21.7. The van der Waals surface area contributed by atoms with Crippen molar-refractivity contribution in [3.63, 3.8) is 0 Å². The lowest BCUT2D eigenvalue weighted by Crippen LogP contribution is -2.45. The average molecular weight is 987 g/mol. The molecule has 0 aromatic rings. The Labute approximate surface area is 437 Å². The van der Waals surface area contributed by atoms with Crippen LogP contribution in [-0.2, 0) is 14.3 Å². The van der Waals surface area contributed by atoms with Crippen LogP contribution in [0.4, 0.5) is 0 Å². The summed E-state index contributed by atoms with van der Waals surface area (Å²) in [4.78, 5) is 24.6. The molecule has 0 rings (SSSR count). The molecule has 0 saturated heterocycles. The van der Waals surface area contributed by atoms with Crippen LogP contribution in [0.1, 0.15) is 348 Å². The Morgan fingerprint density at radius 2 is 0.671 bits per heavy atom. The maximum Gasteiger partial charge on any atom is 0.305 e. The Morgan fingerprint density at radius 3 is 1.01 bits per heavy atom. The van der Waals surface area contributed by atoms with Crippen molar-refractivity contribution in [3.8, 4) is 0 Å². The van der Waals surface area contributed by atoms with Crippen LogP contribution in [-0.4, -0.2) is 47.4 Å². The molecule has 414 valence electrons. The van der Waals surface area contributed by atoms with Crippen molar-refractivity contribution in [2.75, 3.05) is 13.2 Å². The fourth-order valence-corrected chi connectivity index (χ4v) is 9.87. The van der Waals surface area contributed by atoms with Crippen LogP contribution in [0.25, 0.3) is 0 Å². The van der Waals surface area contributed by atoms with Gasteiger partial charge in [0.1, 0.15) is 0 Å². The highest BCUT2D eigenvalue weighted by atomic mass is 16.5. The van der Waals surface area contributed by atoms with Crippen molar-refractivity contribution in [1.29, 1.82) is 0 Å². The summed E-state index contributed by atoms with van der Waals surface area (Å²) in [6, 6.07) is -0.631. The first kappa shape index (κ1) is 68.3. The Bertz CT molecular complexity index is 1090. The summed E-state index contributed by atoms with van der Waals surface area (Å²) >= 11 is 0. The van der Waals surface area contributed by atoms with Crippen LogP contribution in [0.2, 0.25) is 0 Å². The minimum atomic E-state index is -0.847. The molecule has 0 bridgehead atoms. The molecular weight excluding hydrogens is 863 g/mol. The van der Waals surface area contributed by atoms with Gasteiger partial charge in [0.25, 0.3) is 0 Å². The van der Waals surface area contributed by atoms with Gasteiger partial charge in [-0.3, -0.25) is 9.59 Å². The van der Waals surface area contributed by atoms with Crippen molar-refractivity contribution < 1.29 is 24.5 Å². The first-order valence-electron chi connectivity index (χ1n) is 31.6. The summed E-state index contributed by atoms with van der Waals surface area (Å²) in [6.07, 6.45) is 73.6. The highest BCUT2D eigenvalue weighted by molar-refractivity contribution is 5.76. The Kier molecular flexibility index (Phi) is 58.5. The highest BCUT2D eigenvalue weighted by Gasteiger charge is 2.18. The molecule has 0 spiro atoms. The van der Waals surface area contributed by atoms with Gasteiger partial charge in [0.2, 0.25) is 5.91 Å². The SMILES string of the molecule is CCCCCCCC/C=C\CCCCCCCC(=O)OCCCCCCCCCCCCCCCCCCCCCC(=O)NC(CO)C(O)/C=C/CCCCCCCCCCCCCCCCCCC. The number of rotatable bonds is 59. The van der Waals surface area contributed by atoms with Gasteiger partial charge in [-0.05, 0) is 57.8 Å². The van der Waals surface area contributed by atoms with E-state index in [4.69, 9.17) is 4.74 Å². The molecule has 2 atom stereocenters. The summed E-state index contributed by atoms with van der Waals surface area (Å²) in [5, 5.41) is 23.2. The zero-order valence-corrected chi connectivity index (χ0v) is 47.3. The molecule has 3 N–H and O–H groups in total. The zero-order valence-electron chi connectivity index (χ0n) is 47.3. The number of aliphatic hydroxyl groups excluding tert-OH is 2. The number of ether oxygens (including phenoxy) is 1. The second kappa shape index (κ2) is 59.9. The van der Waals surface area contributed by atoms with Gasteiger partial charge in [0, 0.05) is 12.8 Å². The largest absolute Gasteiger partial charge is 0.466 e. The van der Waals surface area contributed by atoms with Crippen molar-refractivity contribution in [1.82, 2.24) is 5.32 Å². The predicted octanol–water partition coefficient (Wildman–Crippen LogP) is 19.8. The lowest BCUT2D eigenvalue weighted by atomic mass is 10.0. The van der Waals surface area contributed by atoms with E-state index < -0.39 is 12.1 Å². The van der Waals surface area contributed by atoms with Gasteiger partial charge >= 0.3 is 5.97 Å². The van der Waals surface area contributed by atoms with Crippen molar-refractivity contribution in [2.24, 2.45) is 0 Å². The molecular formula is C64H123NO5. The van der Waals surface area contributed by atoms with E-state index in [0.29, 0.717) is 19.4 Å². The topological polar surface area (TPSA) is 95.9 Å². The molecule has 6 heteroatoms. The summed E-state index contributed by atoms with van der Waals surface area (Å²) in [5.74, 6) is -0.0672. The van der Waals surface area contributed by atoms with Gasteiger partial charge in [-0.1, -0.05) is 301 Å². The van der Waals surface area contributed by atoms with E-state index in [9.17, 15) is 19.8 Å². The minimum Gasteiger partial charge on any atom is -0.466 e. The Morgan fingerprint density at radius 1 is 0.386 bits per heavy atom. The number of carbonyl (C=O) groups is 2. The minimum absolute atomic E-state index is 0.000930. The van der Waals surface area contributed by atoms with E-state index in [2.05, 4.69) is 31.3 Å². The number of carbonyl (C=O) groups excluding carboxylic acids is 2. The number of nitrogens with one attached hydrogen (secondary N) is 1.